The van der Waals surface area contributed by atoms with Crippen molar-refractivity contribution >= 4 is 11.6 Å². The molecule has 0 saturated carbocycles. The van der Waals surface area contributed by atoms with Gasteiger partial charge in [0.05, 0.1) is 16.9 Å². The lowest BCUT2D eigenvalue weighted by molar-refractivity contribution is 0.552. The molecule has 0 fully saturated rings. The normalized spacial score (nSPS) is 11.2. The van der Waals surface area contributed by atoms with E-state index in [-0.39, 0.29) is 0 Å². The molecule has 2 aromatic rings. The molecule has 0 atom stereocenters. The van der Waals surface area contributed by atoms with Gasteiger partial charge < -0.3 is 5.32 Å². The molecule has 19 heavy (non-hydrogen) atoms. The van der Waals surface area contributed by atoms with Crippen LogP contribution in [0.2, 0.25) is 5.02 Å². The summed E-state index contributed by atoms with van der Waals surface area (Å²) in [6.45, 7) is 8.27. The Labute approximate surface area is 119 Å². The number of hydrogen-bond acceptors (Lipinski definition) is 2. The van der Waals surface area contributed by atoms with Crippen LogP contribution in [0.25, 0.3) is 5.69 Å². The summed E-state index contributed by atoms with van der Waals surface area (Å²) >= 11 is 6.33. The molecule has 1 aromatic heterocycles. The van der Waals surface area contributed by atoms with Crippen molar-refractivity contribution in [3.63, 3.8) is 0 Å². The van der Waals surface area contributed by atoms with E-state index in [0.717, 1.165) is 29.4 Å². The highest BCUT2D eigenvalue weighted by molar-refractivity contribution is 6.32. The van der Waals surface area contributed by atoms with Crippen molar-refractivity contribution in [2.24, 2.45) is 5.92 Å². The number of nitrogens with one attached hydrogen (secondary N) is 1. The molecule has 3 nitrogen and oxygen atoms in total. The van der Waals surface area contributed by atoms with Gasteiger partial charge in [0.2, 0.25) is 0 Å². The highest BCUT2D eigenvalue weighted by Gasteiger charge is 2.05. The number of aromatic nitrogens is 2. The van der Waals surface area contributed by atoms with E-state index in [0.29, 0.717) is 5.92 Å². The molecule has 0 radical (unpaired) electrons. The van der Waals surface area contributed by atoms with E-state index in [2.05, 4.69) is 30.3 Å². The van der Waals surface area contributed by atoms with Crippen molar-refractivity contribution in [3.05, 3.63) is 46.7 Å². The number of halogens is 1. The monoisotopic (exact) mass is 277 g/mol. The standard InChI is InChI=1S/C15H20ClN3/c1-11(2)7-17-9-13-4-5-15(14(16)6-13)19-10-12(3)8-18-19/h4-6,8,10-11,17H,7,9H2,1-3H3. The Bertz CT molecular complexity index is 546. The predicted molar refractivity (Wildman–Crippen MR) is 79.9 cm³/mol. The van der Waals surface area contributed by atoms with E-state index in [9.17, 15) is 0 Å². The van der Waals surface area contributed by atoms with Crippen LogP contribution in [0.1, 0.15) is 25.0 Å². The first kappa shape index (κ1) is 14.1. The molecule has 2 rings (SSSR count). The third kappa shape index (κ3) is 3.82. The maximum Gasteiger partial charge on any atom is 0.0832 e. The summed E-state index contributed by atoms with van der Waals surface area (Å²) in [6, 6.07) is 6.11. The maximum atomic E-state index is 6.33. The Balaban J connectivity index is 2.09. The van der Waals surface area contributed by atoms with Gasteiger partial charge in [0.1, 0.15) is 0 Å². The minimum Gasteiger partial charge on any atom is -0.312 e. The van der Waals surface area contributed by atoms with Gasteiger partial charge in [-0.25, -0.2) is 4.68 Å². The fourth-order valence-electron chi connectivity index (χ4n) is 1.90. The van der Waals surface area contributed by atoms with Crippen LogP contribution in [0, 0.1) is 12.8 Å². The van der Waals surface area contributed by atoms with Gasteiger partial charge in [0.15, 0.2) is 0 Å². The molecular weight excluding hydrogens is 258 g/mol. The molecule has 0 aliphatic heterocycles. The first-order valence-electron chi connectivity index (χ1n) is 6.57. The number of rotatable bonds is 5. The number of nitrogens with zero attached hydrogens (tertiary/aromatic N) is 2. The van der Waals surface area contributed by atoms with Gasteiger partial charge in [0.25, 0.3) is 0 Å². The second-order valence-electron chi connectivity index (χ2n) is 5.27. The van der Waals surface area contributed by atoms with Gasteiger partial charge in [-0.15, -0.1) is 0 Å². The third-order valence-electron chi connectivity index (χ3n) is 2.85. The number of benzene rings is 1. The van der Waals surface area contributed by atoms with Crippen LogP contribution in [0.5, 0.6) is 0 Å². The summed E-state index contributed by atoms with van der Waals surface area (Å²) in [7, 11) is 0. The fourth-order valence-corrected chi connectivity index (χ4v) is 2.19. The summed E-state index contributed by atoms with van der Waals surface area (Å²) in [5, 5.41) is 8.42. The average Bonchev–Trinajstić information content (AvgIpc) is 2.75. The molecule has 0 unspecified atom stereocenters. The van der Waals surface area contributed by atoms with Gasteiger partial charge in [-0.05, 0) is 42.6 Å². The Kier molecular flexibility index (Phi) is 4.61. The first-order valence-corrected chi connectivity index (χ1v) is 6.95. The Morgan fingerprint density at radius 2 is 2.16 bits per heavy atom. The van der Waals surface area contributed by atoms with Crippen molar-refractivity contribution in [1.82, 2.24) is 15.1 Å². The number of aryl methyl sites for hydroxylation is 1. The van der Waals surface area contributed by atoms with Gasteiger partial charge in [-0.3, -0.25) is 0 Å². The van der Waals surface area contributed by atoms with Crippen molar-refractivity contribution in [3.8, 4) is 5.69 Å². The fraction of sp³-hybridized carbons (Fsp3) is 0.400. The lowest BCUT2D eigenvalue weighted by Gasteiger charge is -2.10. The topological polar surface area (TPSA) is 29.9 Å². The molecule has 4 heteroatoms. The van der Waals surface area contributed by atoms with E-state index in [4.69, 9.17) is 11.6 Å². The highest BCUT2D eigenvalue weighted by Crippen LogP contribution is 2.21. The molecule has 1 N–H and O–H groups in total. The van der Waals surface area contributed by atoms with E-state index in [1.54, 1.807) is 0 Å². The molecule has 0 amide bonds. The van der Waals surface area contributed by atoms with Crippen molar-refractivity contribution in [2.75, 3.05) is 6.54 Å². The Hall–Kier alpha value is -1.32. The smallest absolute Gasteiger partial charge is 0.0832 e. The molecule has 0 bridgehead atoms. The van der Waals surface area contributed by atoms with Crippen molar-refractivity contribution in [1.29, 1.82) is 0 Å². The maximum absolute atomic E-state index is 6.33. The van der Waals surface area contributed by atoms with Crippen LogP contribution in [0.3, 0.4) is 0 Å². The van der Waals surface area contributed by atoms with Crippen LogP contribution < -0.4 is 5.32 Å². The molecule has 1 aromatic carbocycles. The summed E-state index contributed by atoms with van der Waals surface area (Å²) in [5.41, 5.74) is 3.24. The minimum atomic E-state index is 0.654. The Morgan fingerprint density at radius 1 is 1.37 bits per heavy atom. The predicted octanol–water partition coefficient (Wildman–Crippen LogP) is 3.58. The molecule has 0 aliphatic carbocycles. The van der Waals surface area contributed by atoms with Crippen LogP contribution in [-0.2, 0) is 6.54 Å². The Morgan fingerprint density at radius 3 is 2.74 bits per heavy atom. The quantitative estimate of drug-likeness (QED) is 0.905. The lowest BCUT2D eigenvalue weighted by atomic mass is 10.2. The van der Waals surface area contributed by atoms with Crippen LogP contribution in [-0.4, -0.2) is 16.3 Å². The van der Waals surface area contributed by atoms with Crippen molar-refractivity contribution in [2.45, 2.75) is 27.3 Å². The summed E-state index contributed by atoms with van der Waals surface area (Å²) in [4.78, 5) is 0. The SMILES string of the molecule is Cc1cnn(-c2ccc(CNCC(C)C)cc2Cl)c1. The largest absolute Gasteiger partial charge is 0.312 e. The van der Waals surface area contributed by atoms with Gasteiger partial charge in [-0.2, -0.15) is 5.10 Å². The zero-order chi connectivity index (χ0) is 13.8. The zero-order valence-corrected chi connectivity index (χ0v) is 12.4. The van der Waals surface area contributed by atoms with Crippen molar-refractivity contribution < 1.29 is 0 Å². The second kappa shape index (κ2) is 6.22. The van der Waals surface area contributed by atoms with E-state index in [1.807, 2.05) is 36.1 Å². The molecular formula is C15H20ClN3. The molecule has 0 saturated heterocycles. The van der Waals surface area contributed by atoms with Gasteiger partial charge in [0, 0.05) is 12.7 Å². The summed E-state index contributed by atoms with van der Waals surface area (Å²) in [6.07, 6.45) is 3.80. The third-order valence-corrected chi connectivity index (χ3v) is 3.16. The molecule has 0 spiro atoms. The molecule has 0 aliphatic rings. The van der Waals surface area contributed by atoms with Gasteiger partial charge >= 0.3 is 0 Å². The van der Waals surface area contributed by atoms with Gasteiger partial charge in [-0.1, -0.05) is 31.5 Å². The number of hydrogen-bond donors (Lipinski definition) is 1. The van der Waals surface area contributed by atoms with Crippen LogP contribution in [0.4, 0.5) is 0 Å². The highest BCUT2D eigenvalue weighted by atomic mass is 35.5. The molecule has 1 heterocycles. The second-order valence-corrected chi connectivity index (χ2v) is 5.68. The van der Waals surface area contributed by atoms with E-state index in [1.165, 1.54) is 5.56 Å². The lowest BCUT2D eigenvalue weighted by Crippen LogP contribution is -2.18. The van der Waals surface area contributed by atoms with E-state index < -0.39 is 0 Å². The van der Waals surface area contributed by atoms with Crippen LogP contribution in [0.15, 0.2) is 30.6 Å². The molecule has 102 valence electrons. The minimum absolute atomic E-state index is 0.654. The average molecular weight is 278 g/mol. The zero-order valence-electron chi connectivity index (χ0n) is 11.7. The summed E-state index contributed by atoms with van der Waals surface area (Å²) in [5.74, 6) is 0.654. The van der Waals surface area contributed by atoms with Crippen LogP contribution >= 0.6 is 11.6 Å². The first-order chi connectivity index (χ1) is 9.06. The summed E-state index contributed by atoms with van der Waals surface area (Å²) < 4.78 is 1.81. The van der Waals surface area contributed by atoms with E-state index >= 15 is 0 Å².